The molecule has 1 rings (SSSR count). The minimum absolute atomic E-state index is 0.186. The van der Waals surface area contributed by atoms with Crippen LogP contribution < -0.4 is 10.6 Å². The number of alkyl halides is 3. The van der Waals surface area contributed by atoms with Gasteiger partial charge >= 0.3 is 6.18 Å². The number of nitrogens with two attached hydrogens (primary N) is 1. The Bertz CT molecular complexity index is 435. The molecule has 0 atom stereocenters. The van der Waals surface area contributed by atoms with Crippen LogP contribution in [0.2, 0.25) is 0 Å². The highest BCUT2D eigenvalue weighted by Gasteiger charge is 2.30. The minimum atomic E-state index is -4.27. The van der Waals surface area contributed by atoms with Gasteiger partial charge in [0.25, 0.3) is 0 Å². The fraction of sp³-hybridized carbons (Fsp3) is 0.364. The van der Waals surface area contributed by atoms with E-state index in [-0.39, 0.29) is 17.8 Å². The molecule has 0 aromatic heterocycles. The summed E-state index contributed by atoms with van der Waals surface area (Å²) in [6.45, 7) is 0.805. The molecule has 2 N–H and O–H groups in total. The zero-order chi connectivity index (χ0) is 13.1. The van der Waals surface area contributed by atoms with Crippen molar-refractivity contribution < 1.29 is 13.2 Å². The van der Waals surface area contributed by atoms with Crippen molar-refractivity contribution in [1.82, 2.24) is 0 Å². The lowest BCUT2D eigenvalue weighted by Crippen LogP contribution is -2.34. The van der Waals surface area contributed by atoms with Gasteiger partial charge in [-0.25, -0.2) is 0 Å². The molecular formula is C11H12F3N3. The molecule has 0 radical (unpaired) electrons. The van der Waals surface area contributed by atoms with Crippen LogP contribution >= 0.6 is 0 Å². The van der Waals surface area contributed by atoms with E-state index in [0.717, 1.165) is 4.90 Å². The lowest BCUT2D eigenvalue weighted by molar-refractivity contribution is -0.119. The zero-order valence-electron chi connectivity index (χ0n) is 9.25. The van der Waals surface area contributed by atoms with E-state index in [0.29, 0.717) is 5.69 Å². The molecule has 0 spiro atoms. The maximum absolute atomic E-state index is 12.3. The molecule has 1 aromatic carbocycles. The highest BCUT2D eigenvalue weighted by molar-refractivity contribution is 5.63. The van der Waals surface area contributed by atoms with E-state index < -0.39 is 12.7 Å². The van der Waals surface area contributed by atoms with E-state index in [4.69, 9.17) is 11.0 Å². The Morgan fingerprint density at radius 2 is 2.06 bits per heavy atom. The molecule has 0 saturated heterocycles. The first kappa shape index (κ1) is 13.2. The predicted octanol–water partition coefficient (Wildman–Crippen LogP) is 2.53. The molecule has 6 heteroatoms. The van der Waals surface area contributed by atoms with E-state index in [2.05, 4.69) is 0 Å². The molecular weight excluding hydrogens is 231 g/mol. The van der Waals surface area contributed by atoms with Crippen molar-refractivity contribution in [2.45, 2.75) is 13.1 Å². The highest BCUT2D eigenvalue weighted by atomic mass is 19.4. The van der Waals surface area contributed by atoms with Crippen LogP contribution in [0.5, 0.6) is 0 Å². The quantitative estimate of drug-likeness (QED) is 0.830. The molecule has 1 aromatic rings. The van der Waals surface area contributed by atoms with Gasteiger partial charge in [0, 0.05) is 12.2 Å². The van der Waals surface area contributed by atoms with Crippen molar-refractivity contribution in [2.75, 3.05) is 23.7 Å². The molecule has 0 fully saturated rings. The van der Waals surface area contributed by atoms with Gasteiger partial charge in [-0.1, -0.05) is 0 Å². The smallest absolute Gasteiger partial charge is 0.398 e. The standard InChI is InChI=1S/C11H12F3N3/c1-2-17(7-11(12,13)14)9-4-3-8(6-15)10(16)5-9/h3-5H,2,7,16H2,1H3. The van der Waals surface area contributed by atoms with Crippen LogP contribution in [0.15, 0.2) is 18.2 Å². The van der Waals surface area contributed by atoms with Gasteiger partial charge in [0.05, 0.1) is 11.3 Å². The zero-order valence-corrected chi connectivity index (χ0v) is 9.25. The number of rotatable bonds is 3. The average Bonchev–Trinajstić information content (AvgIpc) is 2.24. The summed E-state index contributed by atoms with van der Waals surface area (Å²) in [4.78, 5) is 1.15. The Morgan fingerprint density at radius 1 is 1.41 bits per heavy atom. The fourth-order valence-corrected chi connectivity index (χ4v) is 1.45. The number of nitrogens with zero attached hydrogens (tertiary/aromatic N) is 2. The summed E-state index contributed by atoms with van der Waals surface area (Å²) in [6, 6.07) is 6.13. The van der Waals surface area contributed by atoms with Crippen molar-refractivity contribution in [3.05, 3.63) is 23.8 Å². The molecule has 0 aliphatic heterocycles. The summed E-state index contributed by atoms with van der Waals surface area (Å²) >= 11 is 0. The summed E-state index contributed by atoms with van der Waals surface area (Å²) in [6.07, 6.45) is -4.27. The second-order valence-electron chi connectivity index (χ2n) is 3.51. The highest BCUT2D eigenvalue weighted by Crippen LogP contribution is 2.24. The Morgan fingerprint density at radius 3 is 2.47 bits per heavy atom. The molecule has 92 valence electrons. The van der Waals surface area contributed by atoms with Gasteiger partial charge in [0.1, 0.15) is 12.6 Å². The van der Waals surface area contributed by atoms with Crippen LogP contribution in [0.1, 0.15) is 12.5 Å². The molecule has 0 bridgehead atoms. The van der Waals surface area contributed by atoms with Gasteiger partial charge in [-0.05, 0) is 25.1 Å². The number of benzene rings is 1. The number of nitrogen functional groups attached to an aromatic ring is 1. The molecule has 0 heterocycles. The average molecular weight is 243 g/mol. The first-order valence-electron chi connectivity index (χ1n) is 4.98. The van der Waals surface area contributed by atoms with Crippen LogP contribution in [-0.4, -0.2) is 19.3 Å². The molecule has 0 unspecified atom stereocenters. The lowest BCUT2D eigenvalue weighted by atomic mass is 10.1. The van der Waals surface area contributed by atoms with Crippen LogP contribution in [-0.2, 0) is 0 Å². The molecule has 0 aliphatic rings. The Balaban J connectivity index is 2.98. The number of nitriles is 1. The van der Waals surface area contributed by atoms with Gasteiger partial charge in [0.2, 0.25) is 0 Å². The first-order chi connectivity index (χ1) is 7.87. The van der Waals surface area contributed by atoms with E-state index in [1.165, 1.54) is 18.2 Å². The van der Waals surface area contributed by atoms with Gasteiger partial charge in [-0.15, -0.1) is 0 Å². The third-order valence-corrected chi connectivity index (χ3v) is 2.27. The van der Waals surface area contributed by atoms with Gasteiger partial charge in [-0.3, -0.25) is 0 Å². The third-order valence-electron chi connectivity index (χ3n) is 2.27. The Hall–Kier alpha value is -1.90. The van der Waals surface area contributed by atoms with Crippen molar-refractivity contribution in [2.24, 2.45) is 0 Å². The number of hydrogen-bond donors (Lipinski definition) is 1. The Labute approximate surface area is 97.2 Å². The topological polar surface area (TPSA) is 53.0 Å². The lowest BCUT2D eigenvalue weighted by Gasteiger charge is -2.24. The third kappa shape index (κ3) is 3.55. The predicted molar refractivity (Wildman–Crippen MR) is 59.5 cm³/mol. The Kier molecular flexibility index (Phi) is 3.84. The SMILES string of the molecule is CCN(CC(F)(F)F)c1ccc(C#N)c(N)c1. The van der Waals surface area contributed by atoms with Crippen LogP contribution in [0.3, 0.4) is 0 Å². The maximum atomic E-state index is 12.3. The van der Waals surface area contributed by atoms with E-state index in [1.807, 2.05) is 6.07 Å². The number of anilines is 2. The van der Waals surface area contributed by atoms with E-state index >= 15 is 0 Å². The number of halogens is 3. The summed E-state index contributed by atoms with van der Waals surface area (Å²) in [5.41, 5.74) is 6.37. The van der Waals surface area contributed by atoms with Crippen molar-refractivity contribution in [3.8, 4) is 6.07 Å². The minimum Gasteiger partial charge on any atom is -0.398 e. The molecule has 3 nitrogen and oxygen atoms in total. The fourth-order valence-electron chi connectivity index (χ4n) is 1.45. The molecule has 0 aliphatic carbocycles. The number of hydrogen-bond acceptors (Lipinski definition) is 3. The summed E-state index contributed by atoms with van der Waals surface area (Å²) in [7, 11) is 0. The summed E-state index contributed by atoms with van der Waals surface area (Å²) in [5.74, 6) is 0. The van der Waals surface area contributed by atoms with Gasteiger partial charge in [-0.2, -0.15) is 18.4 Å². The monoisotopic (exact) mass is 243 g/mol. The summed E-state index contributed by atoms with van der Waals surface area (Å²) < 4.78 is 36.9. The summed E-state index contributed by atoms with van der Waals surface area (Å²) in [5, 5.41) is 8.67. The second kappa shape index (κ2) is 4.95. The molecule has 0 amide bonds. The van der Waals surface area contributed by atoms with Crippen molar-refractivity contribution >= 4 is 11.4 Å². The second-order valence-corrected chi connectivity index (χ2v) is 3.51. The normalized spacial score (nSPS) is 11.0. The van der Waals surface area contributed by atoms with Crippen molar-refractivity contribution in [3.63, 3.8) is 0 Å². The largest absolute Gasteiger partial charge is 0.405 e. The van der Waals surface area contributed by atoms with Crippen molar-refractivity contribution in [1.29, 1.82) is 5.26 Å². The molecule has 0 saturated carbocycles. The first-order valence-corrected chi connectivity index (χ1v) is 4.98. The van der Waals surface area contributed by atoms with Crippen LogP contribution in [0, 0.1) is 11.3 Å². The van der Waals surface area contributed by atoms with Gasteiger partial charge in [0.15, 0.2) is 0 Å². The van der Waals surface area contributed by atoms with Crippen LogP contribution in [0.4, 0.5) is 24.5 Å². The van der Waals surface area contributed by atoms with E-state index in [1.54, 1.807) is 6.92 Å². The van der Waals surface area contributed by atoms with E-state index in [9.17, 15) is 13.2 Å². The van der Waals surface area contributed by atoms with Gasteiger partial charge < -0.3 is 10.6 Å². The maximum Gasteiger partial charge on any atom is 0.405 e. The van der Waals surface area contributed by atoms with Crippen LogP contribution in [0.25, 0.3) is 0 Å². The molecule has 17 heavy (non-hydrogen) atoms.